The fraction of sp³-hybridized carbons (Fsp3) is 0.462. The van der Waals surface area contributed by atoms with Gasteiger partial charge in [0, 0.05) is 16.4 Å². The average molecular weight is 270 g/mol. The van der Waals surface area contributed by atoms with Crippen LogP contribution in [-0.4, -0.2) is 27.6 Å². The van der Waals surface area contributed by atoms with E-state index in [9.17, 15) is 9.00 Å². The minimum absolute atomic E-state index is 0.168. The number of benzene rings is 1. The maximum absolute atomic E-state index is 12.1. The minimum atomic E-state index is -1.46. The molecule has 2 unspecified atom stereocenters. The summed E-state index contributed by atoms with van der Waals surface area (Å²) in [7, 11) is 0.0801. The fourth-order valence-corrected chi connectivity index (χ4v) is 3.32. The van der Waals surface area contributed by atoms with Crippen molar-refractivity contribution in [3.63, 3.8) is 0 Å². The quantitative estimate of drug-likeness (QED) is 0.859. The van der Waals surface area contributed by atoms with Crippen LogP contribution in [0.4, 0.5) is 0 Å². The molecule has 100 valence electrons. The molecule has 0 saturated carbocycles. The van der Waals surface area contributed by atoms with Crippen LogP contribution in [0.2, 0.25) is 0 Å². The zero-order valence-corrected chi connectivity index (χ0v) is 11.6. The van der Waals surface area contributed by atoms with Gasteiger partial charge in [-0.2, -0.15) is 0 Å². The maximum atomic E-state index is 12.1. The topological polar surface area (TPSA) is 63.6 Å². The summed E-state index contributed by atoms with van der Waals surface area (Å²) < 4.78 is 17.3. The van der Waals surface area contributed by atoms with E-state index < -0.39 is 22.0 Å². The third-order valence-corrected chi connectivity index (χ3v) is 4.53. The molecule has 1 N–H and O–H groups in total. The monoisotopic (exact) mass is 270 g/mol. The Kier molecular flexibility index (Phi) is 5.34. The number of rotatable bonds is 6. The molecule has 1 aromatic carbocycles. The van der Waals surface area contributed by atoms with Gasteiger partial charge in [-0.05, 0) is 12.0 Å². The Morgan fingerprint density at radius 1 is 1.39 bits per heavy atom. The zero-order chi connectivity index (χ0) is 13.7. The predicted octanol–water partition coefficient (Wildman–Crippen LogP) is 2.05. The highest BCUT2D eigenvalue weighted by Gasteiger charge is 2.28. The van der Waals surface area contributed by atoms with Gasteiger partial charge in [0.1, 0.15) is 11.0 Å². The lowest BCUT2D eigenvalue weighted by atomic mass is 10.1. The van der Waals surface area contributed by atoms with Gasteiger partial charge < -0.3 is 9.84 Å². The Morgan fingerprint density at radius 3 is 2.50 bits per heavy atom. The molecule has 0 aliphatic heterocycles. The van der Waals surface area contributed by atoms with Crippen LogP contribution in [0, 0.1) is 5.92 Å². The Balaban J connectivity index is 2.89. The molecular weight excluding hydrogens is 252 g/mol. The molecule has 1 aromatic rings. The lowest BCUT2D eigenvalue weighted by Gasteiger charge is -2.16. The SMILES string of the molecule is COc1ccccc1CS(=O)C(C(=O)O)C(C)C. The number of carboxylic acids is 1. The number of carbonyl (C=O) groups is 1. The predicted molar refractivity (Wildman–Crippen MR) is 71.1 cm³/mol. The summed E-state index contributed by atoms with van der Waals surface area (Å²) in [4.78, 5) is 11.1. The van der Waals surface area contributed by atoms with Crippen molar-refractivity contribution in [3.8, 4) is 5.75 Å². The van der Waals surface area contributed by atoms with Crippen LogP contribution >= 0.6 is 0 Å². The summed E-state index contributed by atoms with van der Waals surface area (Å²) in [5.74, 6) is -0.353. The van der Waals surface area contributed by atoms with E-state index in [1.165, 1.54) is 0 Å². The molecule has 0 amide bonds. The van der Waals surface area contributed by atoms with E-state index in [1.807, 2.05) is 12.1 Å². The lowest BCUT2D eigenvalue weighted by Crippen LogP contribution is -2.31. The van der Waals surface area contributed by atoms with Crippen molar-refractivity contribution >= 4 is 16.8 Å². The molecule has 0 radical (unpaired) electrons. The first-order valence-electron chi connectivity index (χ1n) is 5.69. The van der Waals surface area contributed by atoms with Crippen LogP contribution in [0.25, 0.3) is 0 Å². The van der Waals surface area contributed by atoms with Crippen LogP contribution in [0.15, 0.2) is 24.3 Å². The molecule has 0 aromatic heterocycles. The average Bonchev–Trinajstić information content (AvgIpc) is 2.28. The van der Waals surface area contributed by atoms with Gasteiger partial charge in [-0.1, -0.05) is 32.0 Å². The van der Waals surface area contributed by atoms with Crippen LogP contribution in [0.3, 0.4) is 0 Å². The highest BCUT2D eigenvalue weighted by molar-refractivity contribution is 7.85. The normalized spacial score (nSPS) is 14.2. The number of carboxylic acid groups (broad SMARTS) is 1. The largest absolute Gasteiger partial charge is 0.496 e. The van der Waals surface area contributed by atoms with E-state index >= 15 is 0 Å². The number of aliphatic carboxylic acids is 1. The third kappa shape index (κ3) is 3.57. The summed E-state index contributed by atoms with van der Waals surface area (Å²) in [6.45, 7) is 3.53. The second kappa shape index (κ2) is 6.54. The van der Waals surface area contributed by atoms with Gasteiger partial charge in [-0.3, -0.25) is 9.00 Å². The molecular formula is C13H18O4S. The van der Waals surface area contributed by atoms with Crippen molar-refractivity contribution in [1.29, 1.82) is 0 Å². The first-order chi connectivity index (χ1) is 8.47. The van der Waals surface area contributed by atoms with Crippen molar-refractivity contribution in [2.75, 3.05) is 7.11 Å². The highest BCUT2D eigenvalue weighted by Crippen LogP contribution is 2.22. The molecule has 0 bridgehead atoms. The fourth-order valence-electron chi connectivity index (χ4n) is 1.77. The number of hydrogen-bond acceptors (Lipinski definition) is 3. The van der Waals surface area contributed by atoms with Gasteiger partial charge in [0.15, 0.2) is 0 Å². The smallest absolute Gasteiger partial charge is 0.319 e. The second-order valence-corrected chi connectivity index (χ2v) is 5.90. The number of hydrogen-bond donors (Lipinski definition) is 1. The van der Waals surface area contributed by atoms with E-state index in [2.05, 4.69) is 0 Å². The van der Waals surface area contributed by atoms with Gasteiger partial charge in [0.25, 0.3) is 0 Å². The molecule has 18 heavy (non-hydrogen) atoms. The lowest BCUT2D eigenvalue weighted by molar-refractivity contribution is -0.137. The van der Waals surface area contributed by atoms with Crippen molar-refractivity contribution in [2.24, 2.45) is 5.92 Å². The number of para-hydroxylation sites is 1. The Hall–Kier alpha value is -1.36. The van der Waals surface area contributed by atoms with E-state index in [0.717, 1.165) is 5.56 Å². The molecule has 4 nitrogen and oxygen atoms in total. The Morgan fingerprint density at radius 2 is 2.00 bits per heavy atom. The molecule has 1 rings (SSSR count). The molecule has 0 saturated heterocycles. The molecule has 0 fully saturated rings. The third-order valence-electron chi connectivity index (χ3n) is 2.62. The molecule has 5 heteroatoms. The molecule has 0 aliphatic carbocycles. The second-order valence-electron chi connectivity index (χ2n) is 4.34. The van der Waals surface area contributed by atoms with E-state index in [-0.39, 0.29) is 11.7 Å². The summed E-state index contributed by atoms with van der Waals surface area (Å²) in [5, 5.41) is 8.24. The van der Waals surface area contributed by atoms with Crippen molar-refractivity contribution in [2.45, 2.75) is 24.9 Å². The van der Waals surface area contributed by atoms with Crippen LogP contribution in [-0.2, 0) is 21.3 Å². The van der Waals surface area contributed by atoms with E-state index in [4.69, 9.17) is 9.84 Å². The summed E-state index contributed by atoms with van der Waals surface area (Å²) in [5.41, 5.74) is 0.769. The molecule has 2 atom stereocenters. The van der Waals surface area contributed by atoms with Gasteiger partial charge in [-0.25, -0.2) is 0 Å². The first kappa shape index (κ1) is 14.7. The van der Waals surface area contributed by atoms with Crippen LogP contribution in [0.5, 0.6) is 5.75 Å². The Labute approximate surface area is 109 Å². The zero-order valence-electron chi connectivity index (χ0n) is 10.8. The van der Waals surface area contributed by atoms with Crippen molar-refractivity contribution in [1.82, 2.24) is 0 Å². The highest BCUT2D eigenvalue weighted by atomic mass is 32.2. The van der Waals surface area contributed by atoms with Gasteiger partial charge in [-0.15, -0.1) is 0 Å². The first-order valence-corrected chi connectivity index (χ1v) is 7.07. The maximum Gasteiger partial charge on any atom is 0.319 e. The molecule has 0 aliphatic rings. The summed E-state index contributed by atoms with van der Waals surface area (Å²) in [6.07, 6.45) is 0. The van der Waals surface area contributed by atoms with Gasteiger partial charge >= 0.3 is 5.97 Å². The number of methoxy groups -OCH3 is 1. The van der Waals surface area contributed by atoms with E-state index in [1.54, 1.807) is 33.1 Å². The van der Waals surface area contributed by atoms with Crippen molar-refractivity contribution in [3.05, 3.63) is 29.8 Å². The summed E-state index contributed by atoms with van der Waals surface area (Å²) in [6, 6.07) is 7.22. The summed E-state index contributed by atoms with van der Waals surface area (Å²) >= 11 is 0. The van der Waals surface area contributed by atoms with Crippen LogP contribution in [0.1, 0.15) is 19.4 Å². The minimum Gasteiger partial charge on any atom is -0.496 e. The van der Waals surface area contributed by atoms with Crippen molar-refractivity contribution < 1.29 is 18.8 Å². The molecule has 0 heterocycles. The standard InChI is InChI=1S/C13H18O4S/c1-9(2)12(13(14)15)18(16)8-10-6-4-5-7-11(10)17-3/h4-7,9,12H,8H2,1-3H3,(H,14,15). The number of ether oxygens (including phenoxy) is 1. The molecule has 0 spiro atoms. The van der Waals surface area contributed by atoms with Gasteiger partial charge in [0.05, 0.1) is 12.9 Å². The van der Waals surface area contributed by atoms with Crippen LogP contribution < -0.4 is 4.74 Å². The van der Waals surface area contributed by atoms with E-state index in [0.29, 0.717) is 5.75 Å². The Bertz CT molecular complexity index is 442. The van der Waals surface area contributed by atoms with Gasteiger partial charge in [0.2, 0.25) is 0 Å².